The maximum absolute atomic E-state index is 12.4. The maximum Gasteiger partial charge on any atom is 0.231 e. The van der Waals surface area contributed by atoms with Gasteiger partial charge in [-0.05, 0) is 30.2 Å². The van der Waals surface area contributed by atoms with Gasteiger partial charge in [0.2, 0.25) is 5.91 Å². The summed E-state index contributed by atoms with van der Waals surface area (Å²) in [5, 5.41) is 2.81. The second-order valence-corrected chi connectivity index (χ2v) is 5.50. The quantitative estimate of drug-likeness (QED) is 0.479. The van der Waals surface area contributed by atoms with Crippen molar-refractivity contribution in [2.75, 3.05) is 11.1 Å². The van der Waals surface area contributed by atoms with Crippen molar-refractivity contribution >= 4 is 29.1 Å². The summed E-state index contributed by atoms with van der Waals surface area (Å²) in [5.74, 6) is -0.498. The van der Waals surface area contributed by atoms with Gasteiger partial charge in [-0.2, -0.15) is 0 Å². The number of allylic oxidation sites excluding steroid dienone is 2. The minimum Gasteiger partial charge on any atom is -0.398 e. The molecule has 2 aromatic carbocycles. The summed E-state index contributed by atoms with van der Waals surface area (Å²) in [6, 6.07) is 12.7. The molecular formula is C20H20N2O2. The third kappa shape index (κ3) is 3.60. The molecule has 0 radical (unpaired) electrons. The number of carbonyl (C=O) groups excluding carboxylic acids is 2. The van der Waals surface area contributed by atoms with Crippen LogP contribution in [0.3, 0.4) is 0 Å². The number of carbonyl (C=O) groups is 2. The third-order valence-electron chi connectivity index (χ3n) is 3.85. The van der Waals surface area contributed by atoms with Crippen LogP contribution in [-0.2, 0) is 4.79 Å². The summed E-state index contributed by atoms with van der Waals surface area (Å²) in [4.78, 5) is 23.8. The van der Waals surface area contributed by atoms with Gasteiger partial charge in [-0.15, -0.1) is 0 Å². The first-order chi connectivity index (χ1) is 11.5. The summed E-state index contributed by atoms with van der Waals surface area (Å²) in [6.45, 7) is 9.29. The predicted octanol–water partition coefficient (Wildman–Crippen LogP) is 4.02. The molecule has 4 heteroatoms. The zero-order valence-electron chi connectivity index (χ0n) is 13.6. The first-order valence-electron chi connectivity index (χ1n) is 7.54. The molecule has 24 heavy (non-hydrogen) atoms. The van der Waals surface area contributed by atoms with Gasteiger partial charge in [-0.3, -0.25) is 9.59 Å². The van der Waals surface area contributed by atoms with Crippen LogP contribution in [0.15, 0.2) is 61.7 Å². The molecule has 4 nitrogen and oxygen atoms in total. The molecule has 0 bridgehead atoms. The van der Waals surface area contributed by atoms with Crippen molar-refractivity contribution in [1.82, 2.24) is 0 Å². The SMILES string of the molecule is C=CC(=C)c1c(N)cc(NC(=O)C(C)c2ccccc2)cc1C=O. The molecule has 0 saturated heterocycles. The Bertz CT molecular complexity index is 795. The van der Waals surface area contributed by atoms with Gasteiger partial charge >= 0.3 is 0 Å². The zero-order valence-corrected chi connectivity index (χ0v) is 13.6. The molecule has 1 atom stereocenters. The Morgan fingerprint density at radius 3 is 2.50 bits per heavy atom. The van der Waals surface area contributed by atoms with Crippen molar-refractivity contribution in [2.45, 2.75) is 12.8 Å². The van der Waals surface area contributed by atoms with E-state index in [0.717, 1.165) is 5.56 Å². The lowest BCUT2D eigenvalue weighted by atomic mass is 9.97. The molecule has 1 amide bonds. The summed E-state index contributed by atoms with van der Waals surface area (Å²) in [5.41, 5.74) is 9.23. The molecule has 2 aromatic rings. The fourth-order valence-corrected chi connectivity index (χ4v) is 2.47. The lowest BCUT2D eigenvalue weighted by Crippen LogP contribution is -2.19. The van der Waals surface area contributed by atoms with Crippen LogP contribution in [0.4, 0.5) is 11.4 Å². The van der Waals surface area contributed by atoms with Crippen molar-refractivity contribution in [3.05, 3.63) is 78.4 Å². The normalized spacial score (nSPS) is 11.4. The molecule has 0 aliphatic rings. The van der Waals surface area contributed by atoms with Gasteiger partial charge in [0, 0.05) is 22.5 Å². The number of hydrogen-bond donors (Lipinski definition) is 2. The number of aldehydes is 1. The van der Waals surface area contributed by atoms with Crippen molar-refractivity contribution in [1.29, 1.82) is 0 Å². The van der Waals surface area contributed by atoms with Gasteiger partial charge in [-0.25, -0.2) is 0 Å². The van der Waals surface area contributed by atoms with E-state index in [1.54, 1.807) is 12.1 Å². The van der Waals surface area contributed by atoms with Gasteiger partial charge in [0.15, 0.2) is 6.29 Å². The van der Waals surface area contributed by atoms with Crippen molar-refractivity contribution in [3.63, 3.8) is 0 Å². The van der Waals surface area contributed by atoms with Gasteiger partial charge in [0.05, 0.1) is 5.92 Å². The Kier molecular flexibility index (Phi) is 5.32. The number of benzene rings is 2. The molecule has 0 spiro atoms. The average molecular weight is 320 g/mol. The molecule has 0 aliphatic heterocycles. The number of nitrogens with two attached hydrogens (primary N) is 1. The average Bonchev–Trinajstić information content (AvgIpc) is 2.60. The lowest BCUT2D eigenvalue weighted by molar-refractivity contribution is -0.117. The second kappa shape index (κ2) is 7.42. The van der Waals surface area contributed by atoms with Crippen molar-refractivity contribution in [3.8, 4) is 0 Å². The van der Waals surface area contributed by atoms with Crippen LogP contribution in [0.1, 0.15) is 34.3 Å². The van der Waals surface area contributed by atoms with E-state index in [9.17, 15) is 9.59 Å². The van der Waals surface area contributed by atoms with E-state index >= 15 is 0 Å². The van der Waals surface area contributed by atoms with Gasteiger partial charge in [-0.1, -0.05) is 49.6 Å². The molecular weight excluding hydrogens is 300 g/mol. The van der Waals surface area contributed by atoms with Gasteiger partial charge in [0.25, 0.3) is 0 Å². The molecule has 0 fully saturated rings. The van der Waals surface area contributed by atoms with Crippen LogP contribution in [0.25, 0.3) is 5.57 Å². The van der Waals surface area contributed by atoms with E-state index < -0.39 is 0 Å². The Balaban J connectivity index is 2.28. The van der Waals surface area contributed by atoms with Gasteiger partial charge < -0.3 is 11.1 Å². The van der Waals surface area contributed by atoms with E-state index in [2.05, 4.69) is 18.5 Å². The summed E-state index contributed by atoms with van der Waals surface area (Å²) >= 11 is 0. The smallest absolute Gasteiger partial charge is 0.231 e. The van der Waals surface area contributed by atoms with E-state index in [-0.39, 0.29) is 11.8 Å². The maximum atomic E-state index is 12.4. The summed E-state index contributed by atoms with van der Waals surface area (Å²) in [6.07, 6.45) is 2.23. The first kappa shape index (κ1) is 17.2. The summed E-state index contributed by atoms with van der Waals surface area (Å²) < 4.78 is 0. The van der Waals surface area contributed by atoms with E-state index in [0.29, 0.717) is 34.4 Å². The van der Waals surface area contributed by atoms with Crippen LogP contribution in [0.5, 0.6) is 0 Å². The highest BCUT2D eigenvalue weighted by Gasteiger charge is 2.17. The molecule has 2 rings (SSSR count). The highest BCUT2D eigenvalue weighted by molar-refractivity contribution is 5.99. The van der Waals surface area contributed by atoms with Crippen LogP contribution >= 0.6 is 0 Å². The number of hydrogen-bond acceptors (Lipinski definition) is 3. The number of nitrogen functional groups attached to an aromatic ring is 1. The molecule has 0 aromatic heterocycles. The lowest BCUT2D eigenvalue weighted by Gasteiger charge is -2.15. The molecule has 3 N–H and O–H groups in total. The largest absolute Gasteiger partial charge is 0.398 e. The fourth-order valence-electron chi connectivity index (χ4n) is 2.47. The van der Waals surface area contributed by atoms with E-state index in [1.807, 2.05) is 37.3 Å². The minimum atomic E-state index is -0.324. The Labute approximate surface area is 141 Å². The van der Waals surface area contributed by atoms with Crippen molar-refractivity contribution < 1.29 is 9.59 Å². The monoisotopic (exact) mass is 320 g/mol. The van der Waals surface area contributed by atoms with Crippen molar-refractivity contribution in [2.24, 2.45) is 0 Å². The van der Waals surface area contributed by atoms with Crippen LogP contribution < -0.4 is 11.1 Å². The number of nitrogens with one attached hydrogen (secondary N) is 1. The minimum absolute atomic E-state index is 0.173. The van der Waals surface area contributed by atoms with E-state index in [1.165, 1.54) is 6.08 Å². The highest BCUT2D eigenvalue weighted by atomic mass is 16.1. The standard InChI is InChI=1S/C20H20N2O2/c1-4-13(2)19-16(12-23)10-17(11-18(19)21)22-20(24)14(3)15-8-6-5-7-9-15/h4-12,14H,1-2,21H2,3H3,(H,22,24). The van der Waals surface area contributed by atoms with Crippen LogP contribution in [0.2, 0.25) is 0 Å². The number of anilines is 2. The molecule has 0 heterocycles. The summed E-state index contributed by atoms with van der Waals surface area (Å²) in [7, 11) is 0. The molecule has 122 valence electrons. The molecule has 0 aliphatic carbocycles. The third-order valence-corrected chi connectivity index (χ3v) is 3.85. The Morgan fingerprint density at radius 1 is 1.25 bits per heavy atom. The highest BCUT2D eigenvalue weighted by Crippen LogP contribution is 2.29. The van der Waals surface area contributed by atoms with E-state index in [4.69, 9.17) is 5.73 Å². The van der Waals surface area contributed by atoms with Crippen LogP contribution in [0, 0.1) is 0 Å². The zero-order chi connectivity index (χ0) is 17.7. The topological polar surface area (TPSA) is 72.2 Å². The molecule has 1 unspecified atom stereocenters. The van der Waals surface area contributed by atoms with Crippen LogP contribution in [-0.4, -0.2) is 12.2 Å². The number of rotatable bonds is 6. The number of amides is 1. The van der Waals surface area contributed by atoms with Gasteiger partial charge in [0.1, 0.15) is 0 Å². The first-order valence-corrected chi connectivity index (χ1v) is 7.54. The molecule has 0 saturated carbocycles. The Morgan fingerprint density at radius 2 is 1.92 bits per heavy atom. The second-order valence-electron chi connectivity index (χ2n) is 5.50. The fraction of sp³-hybridized carbons (Fsp3) is 0.100. The predicted molar refractivity (Wildman–Crippen MR) is 99.0 cm³/mol. The Hall–Kier alpha value is -3.14.